The van der Waals surface area contributed by atoms with Gasteiger partial charge in [0.25, 0.3) is 5.91 Å². The lowest BCUT2D eigenvalue weighted by atomic mass is 10.1. The van der Waals surface area contributed by atoms with Crippen molar-refractivity contribution in [2.75, 3.05) is 23.7 Å². The van der Waals surface area contributed by atoms with Gasteiger partial charge in [0.05, 0.1) is 0 Å². The molecule has 3 N–H and O–H groups in total. The van der Waals surface area contributed by atoms with E-state index in [9.17, 15) is 14.4 Å². The Morgan fingerprint density at radius 2 is 1.37 bits per heavy atom. The first-order chi connectivity index (χ1) is 14.4. The second kappa shape index (κ2) is 10.0. The molecule has 0 aliphatic carbocycles. The lowest BCUT2D eigenvalue weighted by Crippen LogP contribution is -2.23. The quantitative estimate of drug-likeness (QED) is 0.657. The topological polar surface area (TPSA) is 90.5 Å². The number of nitrogens with one attached hydrogen (secondary N) is 3. The number of carbonyl (C=O) groups is 3. The highest BCUT2D eigenvalue weighted by Crippen LogP contribution is 2.20. The first-order valence-corrected chi connectivity index (χ1v) is 10.2. The number of hydrogen-bond donors (Lipinski definition) is 3. The number of likely N-dealkylation sites (tertiary alicyclic amines) is 1. The Balaban J connectivity index is 1.63. The first-order valence-electron chi connectivity index (χ1n) is 10.2. The number of rotatable bonds is 7. The summed E-state index contributed by atoms with van der Waals surface area (Å²) in [5.41, 5.74) is 3.54. The summed E-state index contributed by atoms with van der Waals surface area (Å²) in [4.78, 5) is 37.8. The molecule has 0 atom stereocenters. The van der Waals surface area contributed by atoms with Crippen LogP contribution in [0.15, 0.2) is 42.5 Å². The molecule has 2 aromatic rings. The van der Waals surface area contributed by atoms with Crippen molar-refractivity contribution in [2.45, 2.75) is 39.8 Å². The van der Waals surface area contributed by atoms with Crippen LogP contribution in [0, 0.1) is 0 Å². The van der Waals surface area contributed by atoms with Crippen LogP contribution in [0.5, 0.6) is 0 Å². The lowest BCUT2D eigenvalue weighted by molar-refractivity contribution is -0.115. The van der Waals surface area contributed by atoms with Gasteiger partial charge in [0.2, 0.25) is 11.8 Å². The number of carbonyl (C=O) groups excluding carboxylic acids is 3. The molecular formula is C23H28N4O3. The van der Waals surface area contributed by atoms with E-state index in [1.807, 2.05) is 12.1 Å². The zero-order chi connectivity index (χ0) is 21.5. The molecule has 7 heteroatoms. The van der Waals surface area contributed by atoms with Gasteiger partial charge in [0.1, 0.15) is 0 Å². The van der Waals surface area contributed by atoms with Crippen LogP contribution >= 0.6 is 0 Å². The molecule has 0 aromatic heterocycles. The van der Waals surface area contributed by atoms with Crippen LogP contribution in [-0.4, -0.2) is 35.7 Å². The molecule has 0 spiro atoms. The molecule has 0 bridgehead atoms. The van der Waals surface area contributed by atoms with E-state index < -0.39 is 0 Å². The van der Waals surface area contributed by atoms with Gasteiger partial charge in [-0.15, -0.1) is 0 Å². The fourth-order valence-electron chi connectivity index (χ4n) is 3.56. The summed E-state index contributed by atoms with van der Waals surface area (Å²) in [5, 5.41) is 8.19. The second-order valence-corrected chi connectivity index (χ2v) is 7.64. The molecule has 158 valence electrons. The van der Waals surface area contributed by atoms with E-state index in [2.05, 4.69) is 33.0 Å². The van der Waals surface area contributed by atoms with Gasteiger partial charge in [-0.25, -0.2) is 0 Å². The SMILES string of the molecule is CC(=O)Nc1cc(NC(C)=O)cc(C(=O)NCc2ccc(CN3CCCC3)cc2)c1. The van der Waals surface area contributed by atoms with Crippen LogP contribution in [0.2, 0.25) is 0 Å². The van der Waals surface area contributed by atoms with Gasteiger partial charge in [0, 0.05) is 43.9 Å². The molecular weight excluding hydrogens is 380 g/mol. The van der Waals surface area contributed by atoms with Gasteiger partial charge in [0.15, 0.2) is 0 Å². The van der Waals surface area contributed by atoms with Crippen molar-refractivity contribution in [3.63, 3.8) is 0 Å². The molecule has 3 rings (SSSR count). The normalized spacial score (nSPS) is 13.7. The van der Waals surface area contributed by atoms with Crippen molar-refractivity contribution < 1.29 is 14.4 Å². The predicted molar refractivity (Wildman–Crippen MR) is 117 cm³/mol. The number of hydrogen-bond acceptors (Lipinski definition) is 4. The van der Waals surface area contributed by atoms with Gasteiger partial charge in [-0.2, -0.15) is 0 Å². The lowest BCUT2D eigenvalue weighted by Gasteiger charge is -2.15. The third kappa shape index (κ3) is 6.42. The van der Waals surface area contributed by atoms with Gasteiger partial charge in [-0.1, -0.05) is 24.3 Å². The number of nitrogens with zero attached hydrogens (tertiary/aromatic N) is 1. The Bertz CT molecular complexity index is 884. The Morgan fingerprint density at radius 1 is 0.833 bits per heavy atom. The van der Waals surface area contributed by atoms with Crippen molar-refractivity contribution in [1.29, 1.82) is 0 Å². The second-order valence-electron chi connectivity index (χ2n) is 7.64. The molecule has 1 aliphatic rings. The maximum Gasteiger partial charge on any atom is 0.251 e. The highest BCUT2D eigenvalue weighted by molar-refractivity contribution is 5.99. The average Bonchev–Trinajstić information content (AvgIpc) is 3.19. The van der Waals surface area contributed by atoms with Crippen molar-refractivity contribution >= 4 is 29.1 Å². The third-order valence-corrected chi connectivity index (χ3v) is 4.92. The number of benzene rings is 2. The van der Waals surface area contributed by atoms with Crippen molar-refractivity contribution in [2.24, 2.45) is 0 Å². The predicted octanol–water partition coefficient (Wildman–Crippen LogP) is 3.13. The van der Waals surface area contributed by atoms with Crippen LogP contribution in [-0.2, 0) is 22.7 Å². The summed E-state index contributed by atoms with van der Waals surface area (Å²) in [6.07, 6.45) is 2.55. The molecule has 1 fully saturated rings. The highest BCUT2D eigenvalue weighted by Gasteiger charge is 2.12. The minimum Gasteiger partial charge on any atom is -0.348 e. The average molecular weight is 409 g/mol. The molecule has 1 saturated heterocycles. The van der Waals surface area contributed by atoms with Crippen LogP contribution in [0.1, 0.15) is 48.2 Å². The van der Waals surface area contributed by atoms with Crippen LogP contribution < -0.4 is 16.0 Å². The summed E-state index contributed by atoms with van der Waals surface area (Å²) in [7, 11) is 0. The smallest absolute Gasteiger partial charge is 0.251 e. The minimum absolute atomic E-state index is 0.254. The largest absolute Gasteiger partial charge is 0.348 e. The molecule has 1 heterocycles. The Labute approximate surface area is 176 Å². The zero-order valence-corrected chi connectivity index (χ0v) is 17.5. The van der Waals surface area contributed by atoms with E-state index in [0.717, 1.165) is 25.2 Å². The molecule has 0 unspecified atom stereocenters. The summed E-state index contributed by atoms with van der Waals surface area (Å²) in [6.45, 7) is 6.46. The molecule has 7 nitrogen and oxygen atoms in total. The van der Waals surface area contributed by atoms with Gasteiger partial charge in [-0.3, -0.25) is 19.3 Å². The van der Waals surface area contributed by atoms with Gasteiger partial charge in [-0.05, 0) is 55.3 Å². The minimum atomic E-state index is -0.282. The maximum atomic E-state index is 12.6. The summed E-state index contributed by atoms with van der Waals surface area (Å²) < 4.78 is 0. The Kier molecular flexibility index (Phi) is 7.19. The van der Waals surface area contributed by atoms with Gasteiger partial charge >= 0.3 is 0 Å². The summed E-state index contributed by atoms with van der Waals surface area (Å²) in [6, 6.07) is 13.0. The van der Waals surface area contributed by atoms with Crippen LogP contribution in [0.4, 0.5) is 11.4 Å². The molecule has 3 amide bonds. The van der Waals surface area contributed by atoms with E-state index in [1.54, 1.807) is 18.2 Å². The molecule has 30 heavy (non-hydrogen) atoms. The summed E-state index contributed by atoms with van der Waals surface area (Å²) >= 11 is 0. The van der Waals surface area contributed by atoms with Crippen molar-refractivity contribution in [1.82, 2.24) is 10.2 Å². The number of amides is 3. The highest BCUT2D eigenvalue weighted by atomic mass is 16.2. The third-order valence-electron chi connectivity index (χ3n) is 4.92. The molecule has 2 aromatic carbocycles. The van der Waals surface area contributed by atoms with E-state index in [4.69, 9.17) is 0 Å². The van der Waals surface area contributed by atoms with Crippen molar-refractivity contribution in [3.8, 4) is 0 Å². The maximum absolute atomic E-state index is 12.6. The van der Waals surface area contributed by atoms with Crippen LogP contribution in [0.25, 0.3) is 0 Å². The van der Waals surface area contributed by atoms with E-state index >= 15 is 0 Å². The molecule has 1 aliphatic heterocycles. The fourth-order valence-corrected chi connectivity index (χ4v) is 3.56. The summed E-state index contributed by atoms with van der Waals surface area (Å²) in [5.74, 6) is -0.791. The monoisotopic (exact) mass is 408 g/mol. The van der Waals surface area contributed by atoms with Gasteiger partial charge < -0.3 is 16.0 Å². The zero-order valence-electron chi connectivity index (χ0n) is 17.5. The van der Waals surface area contributed by atoms with E-state index in [-0.39, 0.29) is 17.7 Å². The standard InChI is InChI=1S/C23H28N4O3/c1-16(28)25-21-11-20(12-22(13-21)26-17(2)29)23(30)24-14-18-5-7-19(8-6-18)15-27-9-3-4-10-27/h5-8,11-13H,3-4,9-10,14-15H2,1-2H3,(H,24,30)(H,25,28)(H,26,29). The Morgan fingerprint density at radius 3 is 1.90 bits per heavy atom. The first kappa shape index (κ1) is 21.5. The van der Waals surface area contributed by atoms with E-state index in [1.165, 1.54) is 32.3 Å². The Hall–Kier alpha value is -3.19. The van der Waals surface area contributed by atoms with Crippen LogP contribution in [0.3, 0.4) is 0 Å². The molecule has 0 saturated carbocycles. The molecule has 0 radical (unpaired) electrons. The fraction of sp³-hybridized carbons (Fsp3) is 0.348. The number of anilines is 2. The van der Waals surface area contributed by atoms with Crippen molar-refractivity contribution in [3.05, 3.63) is 59.2 Å². The van der Waals surface area contributed by atoms with E-state index in [0.29, 0.717) is 23.5 Å².